The summed E-state index contributed by atoms with van der Waals surface area (Å²) in [5.41, 5.74) is 0.137. The van der Waals surface area contributed by atoms with Crippen LogP contribution in [0, 0.1) is 17.6 Å². The van der Waals surface area contributed by atoms with Crippen molar-refractivity contribution >= 4 is 35.2 Å². The van der Waals surface area contributed by atoms with E-state index in [2.05, 4.69) is 33.6 Å². The predicted molar refractivity (Wildman–Crippen MR) is 168 cm³/mol. The number of aromatic nitrogens is 3. The number of anilines is 1. The second-order valence-corrected chi connectivity index (χ2v) is 11.0. The van der Waals surface area contributed by atoms with E-state index in [0.717, 1.165) is 0 Å². The van der Waals surface area contributed by atoms with E-state index in [0.29, 0.717) is 44.0 Å². The van der Waals surface area contributed by atoms with Crippen molar-refractivity contribution in [3.8, 4) is 17.0 Å². The number of nitrogens with zero attached hydrogens (tertiary/aromatic N) is 6. The molecule has 2 bridgehead atoms. The van der Waals surface area contributed by atoms with Crippen LogP contribution in [0.1, 0.15) is 27.2 Å². The van der Waals surface area contributed by atoms with Gasteiger partial charge in [-0.1, -0.05) is 26.5 Å². The molecule has 1 atom stereocenters. The Morgan fingerprint density at radius 3 is 2.73 bits per heavy atom. The van der Waals surface area contributed by atoms with Gasteiger partial charge in [0.05, 0.1) is 29.0 Å². The van der Waals surface area contributed by atoms with Crippen LogP contribution in [0.2, 0.25) is 0 Å². The van der Waals surface area contributed by atoms with Gasteiger partial charge >= 0.3 is 5.69 Å². The molecule has 4 heterocycles. The third kappa shape index (κ3) is 5.71. The number of fused-ring (bicyclic) bond motifs is 3. The van der Waals surface area contributed by atoms with E-state index in [9.17, 15) is 9.59 Å². The molecule has 1 saturated heterocycles. The number of piperazine rings is 1. The summed E-state index contributed by atoms with van der Waals surface area (Å²) in [5.74, 6) is -1.57. The molecule has 230 valence electrons. The summed E-state index contributed by atoms with van der Waals surface area (Å²) < 4.78 is 38.8. The Hall–Kier alpha value is -4.87. The summed E-state index contributed by atoms with van der Waals surface area (Å²) >= 11 is 0. The number of ether oxygens (including phenoxy) is 1. The van der Waals surface area contributed by atoms with Crippen LogP contribution < -0.4 is 20.6 Å². The van der Waals surface area contributed by atoms with Crippen molar-refractivity contribution in [1.82, 2.24) is 24.8 Å². The summed E-state index contributed by atoms with van der Waals surface area (Å²) in [7, 11) is 0. The molecule has 2 aliphatic rings. The maximum Gasteiger partial charge on any atom is 0.355 e. The zero-order valence-electron chi connectivity index (χ0n) is 25.0. The number of carbonyl (C=O) groups excluding carboxylic acids is 1. The van der Waals surface area contributed by atoms with E-state index >= 15 is 8.78 Å². The highest BCUT2D eigenvalue weighted by atomic mass is 19.1. The fraction of sp³-hybridized carbons (Fsp3) is 0.344. The van der Waals surface area contributed by atoms with Crippen molar-refractivity contribution in [2.45, 2.75) is 33.2 Å². The lowest BCUT2D eigenvalue weighted by Crippen LogP contribution is -2.54. The van der Waals surface area contributed by atoms with Crippen LogP contribution in [0.25, 0.3) is 28.0 Å². The molecule has 2 aromatic heterocycles. The van der Waals surface area contributed by atoms with Gasteiger partial charge in [0.25, 0.3) is 0 Å². The molecule has 1 aromatic carbocycles. The highest BCUT2D eigenvalue weighted by Crippen LogP contribution is 2.37. The minimum Gasteiger partial charge on any atom is -0.493 e. The van der Waals surface area contributed by atoms with Crippen LogP contribution in [0.3, 0.4) is 0 Å². The molecular formula is C32H35F2N7O3. The largest absolute Gasteiger partial charge is 0.493 e. The number of hydrogen-bond donors (Lipinski definition) is 1. The average molecular weight is 604 g/mol. The number of rotatable bonds is 5. The second kappa shape index (κ2) is 12.8. The fourth-order valence-electron chi connectivity index (χ4n) is 5.70. The Balaban J connectivity index is 1.86. The third-order valence-corrected chi connectivity index (χ3v) is 7.70. The van der Waals surface area contributed by atoms with E-state index < -0.39 is 17.3 Å². The molecule has 1 N–H and O–H groups in total. The molecule has 44 heavy (non-hydrogen) atoms. The first-order valence-corrected chi connectivity index (χ1v) is 14.5. The Morgan fingerprint density at radius 2 is 2.02 bits per heavy atom. The lowest BCUT2D eigenvalue weighted by Gasteiger charge is -2.40. The maximum atomic E-state index is 16.1. The average Bonchev–Trinajstić information content (AvgIpc) is 3.00. The van der Waals surface area contributed by atoms with Crippen molar-refractivity contribution in [2.75, 3.05) is 37.7 Å². The van der Waals surface area contributed by atoms with Crippen LogP contribution in [0.5, 0.6) is 5.75 Å². The number of pyridine rings is 1. The number of amides is 1. The highest BCUT2D eigenvalue weighted by molar-refractivity contribution is 5.92. The number of nitrogens with one attached hydrogen (secondary N) is 1. The monoisotopic (exact) mass is 603 g/mol. The van der Waals surface area contributed by atoms with Gasteiger partial charge in [0.15, 0.2) is 11.5 Å². The minimum atomic E-state index is -0.798. The number of benzene rings is 1. The van der Waals surface area contributed by atoms with Gasteiger partial charge in [-0.05, 0) is 56.3 Å². The van der Waals surface area contributed by atoms with Gasteiger partial charge in [0.2, 0.25) is 5.91 Å². The van der Waals surface area contributed by atoms with Crippen molar-refractivity contribution in [3.05, 3.63) is 77.0 Å². The zero-order valence-corrected chi connectivity index (χ0v) is 25.0. The van der Waals surface area contributed by atoms with E-state index in [1.807, 2.05) is 25.7 Å². The first-order valence-electron chi connectivity index (χ1n) is 14.5. The van der Waals surface area contributed by atoms with Gasteiger partial charge in [-0.15, -0.1) is 0 Å². The van der Waals surface area contributed by atoms with Gasteiger partial charge in [-0.25, -0.2) is 23.1 Å². The number of halogens is 2. The van der Waals surface area contributed by atoms with Crippen LogP contribution in [-0.4, -0.2) is 70.9 Å². The SMILES string of the molecule is C=CC(=O)N1CCN(c2nc(=O)n3c4nc(c(F)cc24)-c2c(F)cccc2OCCCNC(/C=C\N=C)=C\3C(C)C)[C@@H](C)C1. The number of allylic oxidation sites excluding steroid dienone is 2. The summed E-state index contributed by atoms with van der Waals surface area (Å²) in [5, 5.41) is 3.62. The van der Waals surface area contributed by atoms with Gasteiger partial charge in [-0.2, -0.15) is 4.98 Å². The topological polar surface area (TPSA) is 105 Å². The lowest BCUT2D eigenvalue weighted by molar-refractivity contribution is -0.126. The highest BCUT2D eigenvalue weighted by Gasteiger charge is 2.31. The molecule has 0 saturated carbocycles. The van der Waals surface area contributed by atoms with Crippen LogP contribution in [0.4, 0.5) is 14.6 Å². The molecule has 1 amide bonds. The molecule has 1 fully saturated rings. The first kappa shape index (κ1) is 30.6. The Bertz CT molecular complexity index is 1750. The predicted octanol–water partition coefficient (Wildman–Crippen LogP) is 4.37. The maximum absolute atomic E-state index is 16.1. The molecule has 0 unspecified atom stereocenters. The number of carbonyl (C=O) groups is 1. The summed E-state index contributed by atoms with van der Waals surface area (Å²) in [6, 6.07) is 5.25. The second-order valence-electron chi connectivity index (χ2n) is 11.0. The Labute approximate surface area is 254 Å². The molecule has 3 aromatic rings. The first-order chi connectivity index (χ1) is 21.2. The molecule has 0 spiro atoms. The quantitative estimate of drug-likeness (QED) is 0.341. The summed E-state index contributed by atoms with van der Waals surface area (Å²) in [4.78, 5) is 42.9. The summed E-state index contributed by atoms with van der Waals surface area (Å²) in [6.45, 7) is 14.5. The fourth-order valence-corrected chi connectivity index (χ4v) is 5.70. The molecule has 10 nitrogen and oxygen atoms in total. The van der Waals surface area contributed by atoms with Crippen LogP contribution in [0.15, 0.2) is 64.7 Å². The van der Waals surface area contributed by atoms with E-state index in [4.69, 9.17) is 4.74 Å². The lowest BCUT2D eigenvalue weighted by atomic mass is 10.1. The van der Waals surface area contributed by atoms with Gasteiger partial charge < -0.3 is 19.9 Å². The van der Waals surface area contributed by atoms with Crippen molar-refractivity contribution < 1.29 is 18.3 Å². The van der Waals surface area contributed by atoms with E-state index in [-0.39, 0.29) is 58.3 Å². The van der Waals surface area contributed by atoms with Crippen molar-refractivity contribution in [1.29, 1.82) is 0 Å². The van der Waals surface area contributed by atoms with Gasteiger partial charge in [0.1, 0.15) is 23.1 Å². The molecule has 0 radical (unpaired) electrons. The molecule has 5 rings (SSSR count). The van der Waals surface area contributed by atoms with Crippen LogP contribution in [-0.2, 0) is 4.79 Å². The van der Waals surface area contributed by atoms with E-state index in [1.165, 1.54) is 35.0 Å². The molecule has 2 aliphatic heterocycles. The Kier molecular flexibility index (Phi) is 8.88. The van der Waals surface area contributed by atoms with Crippen molar-refractivity contribution in [2.24, 2.45) is 10.9 Å². The normalized spacial score (nSPS) is 19.2. The van der Waals surface area contributed by atoms with Crippen molar-refractivity contribution in [3.63, 3.8) is 0 Å². The number of aliphatic imine (C=N–C) groups is 1. The standard InChI is InChI=1S/C32H35F2N7O3/c1-6-26(42)39-14-15-40(20(4)18-39)30-21-17-23(34)28-27-22(33)9-7-10-25(27)44-16-8-12-36-24(11-13-35-5)29(19(2)3)41(31(21)37-28)32(43)38-30/h6-7,9-11,13,17,19-20,36H,1,5,8,12,14-16,18H2,2-4H3/b13-11-,29-24-/t20-/m0/s1. The third-order valence-electron chi connectivity index (χ3n) is 7.70. The number of hydrogen-bond acceptors (Lipinski definition) is 8. The van der Waals surface area contributed by atoms with Gasteiger partial charge in [-0.3, -0.25) is 9.79 Å². The minimum absolute atomic E-state index is 0.101. The summed E-state index contributed by atoms with van der Waals surface area (Å²) in [6.07, 6.45) is 4.99. The molecular weight excluding hydrogens is 568 g/mol. The van der Waals surface area contributed by atoms with Crippen LogP contribution >= 0.6 is 0 Å². The smallest absolute Gasteiger partial charge is 0.355 e. The zero-order chi connectivity index (χ0) is 31.5. The molecule has 12 heteroatoms. The van der Waals surface area contributed by atoms with Gasteiger partial charge in [0, 0.05) is 38.4 Å². The Morgan fingerprint density at radius 1 is 1.23 bits per heavy atom. The molecule has 0 aliphatic carbocycles. The van der Waals surface area contributed by atoms with E-state index in [1.54, 1.807) is 17.0 Å².